The van der Waals surface area contributed by atoms with Gasteiger partial charge in [0.1, 0.15) is 18.0 Å². The molecule has 0 spiro atoms. The fraction of sp³-hybridized carbons (Fsp3) is 0.200. The number of nitrogens with zero attached hydrogens (tertiary/aromatic N) is 2. The summed E-state index contributed by atoms with van der Waals surface area (Å²) in [4.78, 5) is 18.4. The molecule has 0 unspecified atom stereocenters. The summed E-state index contributed by atoms with van der Waals surface area (Å²) in [5, 5.41) is 0.580. The lowest BCUT2D eigenvalue weighted by molar-refractivity contribution is 0.0976. The Hall–Kier alpha value is -1.98. The Morgan fingerprint density at radius 1 is 1.36 bits per heavy atom. The Balaban J connectivity index is 1.99. The predicted octanol–water partition coefficient (Wildman–Crippen LogP) is 3.44. The van der Waals surface area contributed by atoms with Gasteiger partial charge in [0, 0.05) is 17.8 Å². The average molecular weight is 339 g/mol. The summed E-state index contributed by atoms with van der Waals surface area (Å²) in [7, 11) is 1.47. The quantitative estimate of drug-likeness (QED) is 0.841. The highest BCUT2D eigenvalue weighted by molar-refractivity contribution is 6.37. The minimum absolute atomic E-state index is 0.219. The number of hydrogen-bond acceptors (Lipinski definition) is 4. The van der Waals surface area contributed by atoms with Crippen LogP contribution in [0.4, 0.5) is 5.69 Å². The number of halogens is 2. The summed E-state index contributed by atoms with van der Waals surface area (Å²) in [6.07, 6.45) is 3.22. The summed E-state index contributed by atoms with van der Waals surface area (Å²) in [6, 6.07) is 4.81. The third kappa shape index (κ3) is 2.58. The largest absolute Gasteiger partial charge is 0.494 e. The van der Waals surface area contributed by atoms with Crippen molar-refractivity contribution in [3.63, 3.8) is 0 Å². The second-order valence-corrected chi connectivity index (χ2v) is 5.44. The maximum absolute atomic E-state index is 12.8. The molecule has 1 aliphatic heterocycles. The topological polar surface area (TPSA) is 51.7 Å². The molecule has 0 saturated heterocycles. The Labute approximate surface area is 137 Å². The lowest BCUT2D eigenvalue weighted by Gasteiger charge is -2.29. The van der Waals surface area contributed by atoms with Crippen molar-refractivity contribution >= 4 is 34.8 Å². The number of pyridine rings is 1. The first-order valence-corrected chi connectivity index (χ1v) is 7.29. The predicted molar refractivity (Wildman–Crippen MR) is 84.4 cm³/mol. The van der Waals surface area contributed by atoms with E-state index in [2.05, 4.69) is 4.98 Å². The molecule has 1 aromatic carbocycles. The van der Waals surface area contributed by atoms with Gasteiger partial charge >= 0.3 is 0 Å². The van der Waals surface area contributed by atoms with Crippen LogP contribution in [-0.4, -0.2) is 31.2 Å². The Kier molecular flexibility index (Phi) is 4.09. The molecule has 1 aliphatic rings. The van der Waals surface area contributed by atoms with E-state index in [1.807, 2.05) is 0 Å². The molecule has 1 amide bonds. The molecule has 1 aromatic heterocycles. The number of benzene rings is 1. The summed E-state index contributed by atoms with van der Waals surface area (Å²) in [5.41, 5.74) is 1.01. The van der Waals surface area contributed by atoms with Crippen LogP contribution in [0.25, 0.3) is 0 Å². The monoisotopic (exact) mass is 338 g/mol. The van der Waals surface area contributed by atoms with Gasteiger partial charge in [0.05, 0.1) is 29.9 Å². The second-order valence-electron chi connectivity index (χ2n) is 4.62. The molecule has 2 aromatic rings. The maximum Gasteiger partial charge on any atom is 0.258 e. The van der Waals surface area contributed by atoms with Crippen molar-refractivity contribution in [2.24, 2.45) is 0 Å². The van der Waals surface area contributed by atoms with Gasteiger partial charge in [0.15, 0.2) is 5.75 Å². The average Bonchev–Trinajstić information content (AvgIpc) is 2.53. The van der Waals surface area contributed by atoms with Gasteiger partial charge in [0.25, 0.3) is 5.91 Å². The molecule has 5 nitrogen and oxygen atoms in total. The number of anilines is 1. The zero-order chi connectivity index (χ0) is 15.7. The molecular formula is C15H12Cl2N2O3. The van der Waals surface area contributed by atoms with Gasteiger partial charge in [-0.25, -0.2) is 0 Å². The molecule has 7 heteroatoms. The molecule has 0 bridgehead atoms. The van der Waals surface area contributed by atoms with Gasteiger partial charge < -0.3 is 14.4 Å². The minimum atomic E-state index is -0.219. The molecule has 0 atom stereocenters. The number of hydrogen-bond donors (Lipinski definition) is 0. The molecule has 2 heterocycles. The summed E-state index contributed by atoms with van der Waals surface area (Å²) in [6.45, 7) is 0.846. The first kappa shape index (κ1) is 14.9. The van der Waals surface area contributed by atoms with Gasteiger partial charge in [0.2, 0.25) is 0 Å². The maximum atomic E-state index is 12.8. The van der Waals surface area contributed by atoms with E-state index in [0.29, 0.717) is 35.9 Å². The fourth-order valence-corrected chi connectivity index (χ4v) is 2.95. The summed E-state index contributed by atoms with van der Waals surface area (Å²) in [5.74, 6) is 0.758. The smallest absolute Gasteiger partial charge is 0.258 e. The van der Waals surface area contributed by atoms with E-state index in [-0.39, 0.29) is 16.0 Å². The van der Waals surface area contributed by atoms with Crippen molar-refractivity contribution in [1.82, 2.24) is 4.98 Å². The van der Waals surface area contributed by atoms with E-state index in [9.17, 15) is 4.79 Å². The lowest BCUT2D eigenvalue weighted by Crippen LogP contribution is -2.38. The molecule has 0 fully saturated rings. The molecule has 0 saturated carbocycles. The SMILES string of the molecule is COc1c(Cl)cc(C(=O)N2CCOc3ccncc32)cc1Cl. The van der Waals surface area contributed by atoms with Gasteiger partial charge in [-0.3, -0.25) is 9.78 Å². The Bertz CT molecular complexity index is 713. The van der Waals surface area contributed by atoms with Crippen molar-refractivity contribution in [2.75, 3.05) is 25.2 Å². The molecular weight excluding hydrogens is 327 g/mol. The van der Waals surface area contributed by atoms with Crippen molar-refractivity contribution in [2.45, 2.75) is 0 Å². The van der Waals surface area contributed by atoms with E-state index in [0.717, 1.165) is 0 Å². The molecule has 0 radical (unpaired) electrons. The molecule has 114 valence electrons. The normalized spacial score (nSPS) is 13.3. The highest BCUT2D eigenvalue weighted by atomic mass is 35.5. The van der Waals surface area contributed by atoms with E-state index in [4.69, 9.17) is 32.7 Å². The van der Waals surface area contributed by atoms with Crippen LogP contribution in [0, 0.1) is 0 Å². The second kappa shape index (κ2) is 6.02. The van der Waals surface area contributed by atoms with Crippen LogP contribution >= 0.6 is 23.2 Å². The standard InChI is InChI=1S/C15H12Cl2N2O3/c1-21-14-10(16)6-9(7-11(14)17)15(20)19-4-5-22-13-2-3-18-8-12(13)19/h2-3,6-8H,4-5H2,1H3. The van der Waals surface area contributed by atoms with Crippen LogP contribution in [0.1, 0.15) is 10.4 Å². The number of methoxy groups -OCH3 is 1. The van der Waals surface area contributed by atoms with Crippen molar-refractivity contribution < 1.29 is 14.3 Å². The fourth-order valence-electron chi connectivity index (χ4n) is 2.31. The van der Waals surface area contributed by atoms with Gasteiger partial charge in [-0.05, 0) is 12.1 Å². The third-order valence-corrected chi connectivity index (χ3v) is 3.88. The number of amides is 1. The van der Waals surface area contributed by atoms with E-state index in [1.165, 1.54) is 7.11 Å². The number of carbonyl (C=O) groups excluding carboxylic acids is 1. The number of rotatable bonds is 2. The highest BCUT2D eigenvalue weighted by Gasteiger charge is 2.26. The summed E-state index contributed by atoms with van der Waals surface area (Å²) >= 11 is 12.2. The van der Waals surface area contributed by atoms with E-state index in [1.54, 1.807) is 35.5 Å². The van der Waals surface area contributed by atoms with Crippen LogP contribution in [0.2, 0.25) is 10.0 Å². The van der Waals surface area contributed by atoms with Gasteiger partial charge in [-0.2, -0.15) is 0 Å². The van der Waals surface area contributed by atoms with Crippen LogP contribution in [0.5, 0.6) is 11.5 Å². The van der Waals surface area contributed by atoms with Crippen LogP contribution in [0.3, 0.4) is 0 Å². The lowest BCUT2D eigenvalue weighted by atomic mass is 10.1. The Morgan fingerprint density at radius 3 is 2.77 bits per heavy atom. The van der Waals surface area contributed by atoms with Crippen molar-refractivity contribution in [3.8, 4) is 11.5 Å². The first-order valence-electron chi connectivity index (χ1n) is 6.53. The molecule has 3 rings (SSSR count). The number of ether oxygens (including phenoxy) is 2. The van der Waals surface area contributed by atoms with E-state index >= 15 is 0 Å². The summed E-state index contributed by atoms with van der Waals surface area (Å²) < 4.78 is 10.6. The first-order chi connectivity index (χ1) is 10.6. The molecule has 0 aliphatic carbocycles. The highest BCUT2D eigenvalue weighted by Crippen LogP contribution is 2.36. The number of aromatic nitrogens is 1. The minimum Gasteiger partial charge on any atom is -0.494 e. The molecule has 22 heavy (non-hydrogen) atoms. The van der Waals surface area contributed by atoms with E-state index < -0.39 is 0 Å². The number of carbonyl (C=O) groups is 1. The van der Waals surface area contributed by atoms with Gasteiger partial charge in [-0.15, -0.1) is 0 Å². The molecule has 0 N–H and O–H groups in total. The number of fused-ring (bicyclic) bond motifs is 1. The Morgan fingerprint density at radius 2 is 2.09 bits per heavy atom. The van der Waals surface area contributed by atoms with Gasteiger partial charge in [-0.1, -0.05) is 23.2 Å². The van der Waals surface area contributed by atoms with Crippen LogP contribution in [-0.2, 0) is 0 Å². The van der Waals surface area contributed by atoms with Crippen molar-refractivity contribution in [1.29, 1.82) is 0 Å². The zero-order valence-electron chi connectivity index (χ0n) is 11.7. The van der Waals surface area contributed by atoms with Crippen molar-refractivity contribution in [3.05, 3.63) is 46.2 Å². The zero-order valence-corrected chi connectivity index (χ0v) is 13.2. The third-order valence-electron chi connectivity index (χ3n) is 3.32. The van der Waals surface area contributed by atoms with Crippen LogP contribution < -0.4 is 14.4 Å². The van der Waals surface area contributed by atoms with Crippen LogP contribution in [0.15, 0.2) is 30.6 Å².